The molecule has 5 nitrogen and oxygen atoms in total. The van der Waals surface area contributed by atoms with Gasteiger partial charge in [0.25, 0.3) is 0 Å². The van der Waals surface area contributed by atoms with E-state index in [-0.39, 0.29) is 5.97 Å². The van der Waals surface area contributed by atoms with E-state index in [2.05, 4.69) is 13.8 Å². The second-order valence-electron chi connectivity index (χ2n) is 6.81. The summed E-state index contributed by atoms with van der Waals surface area (Å²) in [5.41, 5.74) is 0. The molecule has 1 aliphatic rings. The Morgan fingerprint density at radius 1 is 0.962 bits per heavy atom. The van der Waals surface area contributed by atoms with Crippen molar-refractivity contribution in [2.75, 3.05) is 52.0 Å². The number of rotatable bonds is 17. The first-order chi connectivity index (χ1) is 12.7. The van der Waals surface area contributed by atoms with E-state index in [9.17, 15) is 4.79 Å². The van der Waals surface area contributed by atoms with Crippen LogP contribution in [0.3, 0.4) is 0 Å². The van der Waals surface area contributed by atoms with Crippen molar-refractivity contribution in [3.05, 3.63) is 0 Å². The average molecular weight is 409 g/mol. The summed E-state index contributed by atoms with van der Waals surface area (Å²) < 4.78 is 21.4. The molecule has 26 heavy (non-hydrogen) atoms. The van der Waals surface area contributed by atoms with Crippen LogP contribution in [0.1, 0.15) is 52.4 Å². The van der Waals surface area contributed by atoms with Crippen molar-refractivity contribution >= 4 is 27.6 Å². The first-order valence-corrected chi connectivity index (χ1v) is 12.2. The van der Waals surface area contributed by atoms with Crippen LogP contribution >= 0.6 is 21.6 Å². The summed E-state index contributed by atoms with van der Waals surface area (Å²) in [5, 5.41) is 0.790. The van der Waals surface area contributed by atoms with Crippen molar-refractivity contribution in [1.29, 1.82) is 0 Å². The summed E-state index contributed by atoms with van der Waals surface area (Å²) in [4.78, 5) is 11.6. The molecule has 7 heteroatoms. The molecule has 0 amide bonds. The first-order valence-electron chi connectivity index (χ1n) is 9.85. The SMILES string of the molecule is CC(C)CCOCCOCCOCCOC(=O)CCCCC1CCSS1. The van der Waals surface area contributed by atoms with E-state index in [1.54, 1.807) is 0 Å². The molecule has 0 aliphatic carbocycles. The van der Waals surface area contributed by atoms with Crippen LogP contribution in [0, 0.1) is 5.92 Å². The highest BCUT2D eigenvalue weighted by Crippen LogP contribution is 2.39. The minimum absolute atomic E-state index is 0.114. The third kappa shape index (κ3) is 15.1. The number of hydrogen-bond donors (Lipinski definition) is 0. The largest absolute Gasteiger partial charge is 0.463 e. The van der Waals surface area contributed by atoms with Crippen LogP contribution in [0.4, 0.5) is 0 Å². The fraction of sp³-hybridized carbons (Fsp3) is 0.947. The standard InChI is InChI=1S/C19H36O5S2/c1-17(2)7-9-21-10-11-22-12-13-23-14-15-24-19(20)6-4-3-5-18-8-16-25-26-18/h17-18H,3-16H2,1-2H3. The summed E-state index contributed by atoms with van der Waals surface area (Å²) in [6, 6.07) is 0. The maximum Gasteiger partial charge on any atom is 0.305 e. The second kappa shape index (κ2) is 17.2. The number of carbonyl (C=O) groups is 1. The minimum atomic E-state index is -0.114. The van der Waals surface area contributed by atoms with Crippen molar-refractivity contribution in [2.24, 2.45) is 5.92 Å². The Kier molecular flexibility index (Phi) is 15.9. The predicted octanol–water partition coefficient (Wildman–Crippen LogP) is 4.34. The molecule has 1 unspecified atom stereocenters. The third-order valence-corrected chi connectivity index (χ3v) is 6.97. The topological polar surface area (TPSA) is 54.0 Å². The monoisotopic (exact) mass is 408 g/mol. The molecule has 0 bridgehead atoms. The zero-order chi connectivity index (χ0) is 18.9. The number of esters is 1. The van der Waals surface area contributed by atoms with Crippen LogP contribution < -0.4 is 0 Å². The zero-order valence-electron chi connectivity index (χ0n) is 16.4. The highest BCUT2D eigenvalue weighted by Gasteiger charge is 2.15. The fourth-order valence-electron chi connectivity index (χ4n) is 2.35. The van der Waals surface area contributed by atoms with Gasteiger partial charge in [-0.05, 0) is 31.6 Å². The summed E-state index contributed by atoms with van der Waals surface area (Å²) >= 11 is 0. The van der Waals surface area contributed by atoms with E-state index < -0.39 is 0 Å². The Labute approximate surface area is 167 Å². The summed E-state index contributed by atoms with van der Waals surface area (Å²) in [5.74, 6) is 1.83. The minimum Gasteiger partial charge on any atom is -0.463 e. The summed E-state index contributed by atoms with van der Waals surface area (Å²) in [6.45, 7) is 8.19. The molecule has 1 atom stereocenters. The van der Waals surface area contributed by atoms with Gasteiger partial charge in [-0.2, -0.15) is 0 Å². The Bertz CT molecular complexity index is 336. The van der Waals surface area contributed by atoms with Crippen LogP contribution in [0.5, 0.6) is 0 Å². The molecule has 1 fully saturated rings. The van der Waals surface area contributed by atoms with Gasteiger partial charge in [-0.3, -0.25) is 4.79 Å². The van der Waals surface area contributed by atoms with E-state index in [1.807, 2.05) is 21.6 Å². The molecule has 1 saturated heterocycles. The van der Waals surface area contributed by atoms with Gasteiger partial charge in [0.15, 0.2) is 0 Å². The summed E-state index contributed by atoms with van der Waals surface area (Å²) in [7, 11) is 3.97. The van der Waals surface area contributed by atoms with E-state index in [0.717, 1.165) is 31.1 Å². The van der Waals surface area contributed by atoms with Crippen LogP contribution in [0.25, 0.3) is 0 Å². The fourth-order valence-corrected chi connectivity index (χ4v) is 5.38. The maximum atomic E-state index is 11.6. The average Bonchev–Trinajstić information content (AvgIpc) is 3.13. The van der Waals surface area contributed by atoms with Gasteiger partial charge in [0.05, 0.1) is 33.0 Å². The molecule has 1 heterocycles. The molecule has 154 valence electrons. The van der Waals surface area contributed by atoms with Gasteiger partial charge in [-0.15, -0.1) is 0 Å². The molecule has 0 radical (unpaired) electrons. The van der Waals surface area contributed by atoms with Gasteiger partial charge >= 0.3 is 5.97 Å². The lowest BCUT2D eigenvalue weighted by Crippen LogP contribution is -2.14. The van der Waals surface area contributed by atoms with Crippen LogP contribution in [0.2, 0.25) is 0 Å². The van der Waals surface area contributed by atoms with Crippen molar-refractivity contribution in [3.8, 4) is 0 Å². The van der Waals surface area contributed by atoms with Crippen LogP contribution in [-0.2, 0) is 23.7 Å². The van der Waals surface area contributed by atoms with Crippen molar-refractivity contribution in [1.82, 2.24) is 0 Å². The van der Waals surface area contributed by atoms with Gasteiger partial charge in [0.2, 0.25) is 0 Å². The van der Waals surface area contributed by atoms with E-state index in [1.165, 1.54) is 18.6 Å². The molecule has 0 spiro atoms. The molecular weight excluding hydrogens is 372 g/mol. The normalized spacial score (nSPS) is 17.1. The molecule has 0 aromatic carbocycles. The quantitative estimate of drug-likeness (QED) is 0.202. The number of ether oxygens (including phenoxy) is 4. The maximum absolute atomic E-state index is 11.6. The predicted molar refractivity (Wildman–Crippen MR) is 110 cm³/mol. The van der Waals surface area contributed by atoms with Gasteiger partial charge in [0.1, 0.15) is 6.61 Å². The molecule has 0 aromatic heterocycles. The molecule has 1 rings (SSSR count). The van der Waals surface area contributed by atoms with Crippen LogP contribution in [0.15, 0.2) is 0 Å². The second-order valence-corrected chi connectivity index (χ2v) is 9.60. The van der Waals surface area contributed by atoms with Gasteiger partial charge in [-0.25, -0.2) is 0 Å². The van der Waals surface area contributed by atoms with Crippen molar-refractivity contribution in [3.63, 3.8) is 0 Å². The molecule has 0 N–H and O–H groups in total. The number of carbonyl (C=O) groups excluding carboxylic acids is 1. The van der Waals surface area contributed by atoms with Crippen molar-refractivity contribution in [2.45, 2.75) is 57.6 Å². The van der Waals surface area contributed by atoms with Gasteiger partial charge < -0.3 is 18.9 Å². The Morgan fingerprint density at radius 2 is 1.62 bits per heavy atom. The van der Waals surface area contributed by atoms with Crippen molar-refractivity contribution < 1.29 is 23.7 Å². The van der Waals surface area contributed by atoms with Gasteiger partial charge in [0, 0.05) is 24.0 Å². The number of hydrogen-bond acceptors (Lipinski definition) is 7. The lowest BCUT2D eigenvalue weighted by atomic mass is 10.1. The lowest BCUT2D eigenvalue weighted by molar-refractivity contribution is -0.145. The van der Waals surface area contributed by atoms with Gasteiger partial charge in [-0.1, -0.05) is 41.9 Å². The Hall–Kier alpha value is 0.0500. The number of unbranched alkanes of at least 4 members (excludes halogenated alkanes) is 1. The molecular formula is C19H36O5S2. The highest BCUT2D eigenvalue weighted by atomic mass is 33.1. The summed E-state index contributed by atoms with van der Waals surface area (Å²) in [6.07, 6.45) is 6.17. The van der Waals surface area contributed by atoms with E-state index >= 15 is 0 Å². The molecule has 1 aliphatic heterocycles. The molecule has 0 aromatic rings. The molecule has 0 saturated carbocycles. The smallest absolute Gasteiger partial charge is 0.305 e. The first kappa shape index (κ1) is 24.1. The van der Waals surface area contributed by atoms with E-state index in [0.29, 0.717) is 52.0 Å². The zero-order valence-corrected chi connectivity index (χ0v) is 18.0. The van der Waals surface area contributed by atoms with Crippen LogP contribution in [-0.4, -0.2) is 63.2 Å². The Morgan fingerprint density at radius 3 is 2.23 bits per heavy atom. The Balaban J connectivity index is 1.73. The van der Waals surface area contributed by atoms with E-state index in [4.69, 9.17) is 18.9 Å². The highest BCUT2D eigenvalue weighted by molar-refractivity contribution is 8.77. The third-order valence-electron chi connectivity index (χ3n) is 3.96. The lowest BCUT2D eigenvalue weighted by Gasteiger charge is -2.09.